The Kier molecular flexibility index (Phi) is 5.04. The molecular formula is C18H15BrN2O3S. The van der Waals surface area contributed by atoms with Gasteiger partial charge in [0.15, 0.2) is 11.4 Å². The number of benzene rings is 1. The first-order valence-corrected chi connectivity index (χ1v) is 9.37. The number of fused-ring (bicyclic) bond motifs is 1. The monoisotopic (exact) mass is 418 g/mol. The molecule has 1 amide bonds. The number of para-hydroxylation sites is 1. The van der Waals surface area contributed by atoms with Gasteiger partial charge in [0.1, 0.15) is 0 Å². The molecule has 0 bridgehead atoms. The van der Waals surface area contributed by atoms with E-state index in [1.54, 1.807) is 36.4 Å². The van der Waals surface area contributed by atoms with E-state index in [0.29, 0.717) is 35.5 Å². The maximum Gasteiger partial charge on any atom is 0.264 e. The summed E-state index contributed by atoms with van der Waals surface area (Å²) in [6, 6.07) is 12.4. The van der Waals surface area contributed by atoms with Crippen LogP contribution in [0.25, 0.3) is 0 Å². The molecule has 1 N–H and O–H groups in total. The van der Waals surface area contributed by atoms with Crippen molar-refractivity contribution >= 4 is 44.6 Å². The number of unbranched alkanes of at least 4 members (excludes halogenated alkanes) is 1. The largest absolute Gasteiger partial charge is 0.375 e. The standard InChI is InChI=1S/C18H15BrN2O3S/c19-16-8-7-15(25-16)14(22)11-18(24)12-5-1-2-6-13(12)21(17(18)23)10-4-3-9-20/h1-2,5-8,24H,3-4,10-11H2. The van der Waals surface area contributed by atoms with E-state index in [0.717, 1.165) is 3.79 Å². The molecule has 128 valence electrons. The predicted octanol–water partition coefficient (Wildman–Crippen LogP) is 3.62. The highest BCUT2D eigenvalue weighted by molar-refractivity contribution is 9.11. The molecule has 7 heteroatoms. The van der Waals surface area contributed by atoms with Crippen LogP contribution in [0.1, 0.15) is 34.5 Å². The van der Waals surface area contributed by atoms with Crippen LogP contribution in [-0.2, 0) is 10.4 Å². The van der Waals surface area contributed by atoms with E-state index in [1.165, 1.54) is 16.2 Å². The Morgan fingerprint density at radius 3 is 2.76 bits per heavy atom. The van der Waals surface area contributed by atoms with Gasteiger partial charge in [-0.05, 0) is 40.5 Å². The van der Waals surface area contributed by atoms with Gasteiger partial charge in [0.2, 0.25) is 0 Å². The van der Waals surface area contributed by atoms with Gasteiger partial charge >= 0.3 is 0 Å². The molecule has 1 aromatic carbocycles. The zero-order valence-electron chi connectivity index (χ0n) is 13.2. The minimum atomic E-state index is -1.86. The number of hydrogen-bond donors (Lipinski definition) is 1. The van der Waals surface area contributed by atoms with Gasteiger partial charge in [0.05, 0.1) is 26.8 Å². The number of rotatable bonds is 6. The quantitative estimate of drug-likeness (QED) is 0.573. The number of carbonyl (C=O) groups is 2. The lowest BCUT2D eigenvalue weighted by molar-refractivity contribution is -0.135. The fourth-order valence-corrected chi connectivity index (χ4v) is 4.32. The Morgan fingerprint density at radius 2 is 2.08 bits per heavy atom. The Hall–Kier alpha value is -2.01. The van der Waals surface area contributed by atoms with Crippen molar-refractivity contribution in [1.82, 2.24) is 0 Å². The SMILES string of the molecule is N#CCCCN1C(=O)C(O)(CC(=O)c2ccc(Br)s2)c2ccccc21. The van der Waals surface area contributed by atoms with Gasteiger partial charge in [-0.1, -0.05) is 18.2 Å². The molecule has 25 heavy (non-hydrogen) atoms. The lowest BCUT2D eigenvalue weighted by Gasteiger charge is -2.22. The van der Waals surface area contributed by atoms with Crippen molar-refractivity contribution < 1.29 is 14.7 Å². The number of nitrogens with zero attached hydrogens (tertiary/aromatic N) is 2. The Labute approximate surface area is 157 Å². The summed E-state index contributed by atoms with van der Waals surface area (Å²) in [5.74, 6) is -0.782. The van der Waals surface area contributed by atoms with Crippen molar-refractivity contribution in [2.45, 2.75) is 24.9 Å². The van der Waals surface area contributed by atoms with Crippen LogP contribution in [0.3, 0.4) is 0 Å². The third kappa shape index (κ3) is 3.25. The Bertz CT molecular complexity index is 873. The van der Waals surface area contributed by atoms with Crippen LogP contribution < -0.4 is 4.90 Å². The molecule has 1 aliphatic rings. The second-order valence-electron chi connectivity index (χ2n) is 5.80. The lowest BCUT2D eigenvalue weighted by atomic mass is 9.89. The highest BCUT2D eigenvalue weighted by Crippen LogP contribution is 2.43. The molecule has 0 fully saturated rings. The van der Waals surface area contributed by atoms with Crippen molar-refractivity contribution in [3.05, 3.63) is 50.6 Å². The minimum Gasteiger partial charge on any atom is -0.375 e. The summed E-state index contributed by atoms with van der Waals surface area (Å²) in [6.07, 6.45) is 0.537. The number of amides is 1. The summed E-state index contributed by atoms with van der Waals surface area (Å²) in [5, 5.41) is 19.8. The Morgan fingerprint density at radius 1 is 1.32 bits per heavy atom. The molecule has 5 nitrogen and oxygen atoms in total. The molecule has 0 saturated heterocycles. The zero-order chi connectivity index (χ0) is 18.0. The predicted molar refractivity (Wildman–Crippen MR) is 98.5 cm³/mol. The summed E-state index contributed by atoms with van der Waals surface area (Å²) in [6.45, 7) is 0.338. The van der Waals surface area contributed by atoms with Gasteiger partial charge in [-0.25, -0.2) is 0 Å². The number of aliphatic hydroxyl groups is 1. The van der Waals surface area contributed by atoms with Crippen LogP contribution in [0.4, 0.5) is 5.69 Å². The maximum absolute atomic E-state index is 12.9. The third-order valence-corrected chi connectivity index (χ3v) is 5.84. The highest BCUT2D eigenvalue weighted by atomic mass is 79.9. The molecule has 0 aliphatic carbocycles. The highest BCUT2D eigenvalue weighted by Gasteiger charge is 2.50. The molecule has 3 rings (SSSR count). The number of nitriles is 1. The minimum absolute atomic E-state index is 0.278. The topological polar surface area (TPSA) is 81.4 Å². The first-order valence-electron chi connectivity index (χ1n) is 7.76. The zero-order valence-corrected chi connectivity index (χ0v) is 15.6. The van der Waals surface area contributed by atoms with Crippen LogP contribution in [0.15, 0.2) is 40.2 Å². The van der Waals surface area contributed by atoms with E-state index >= 15 is 0 Å². The van der Waals surface area contributed by atoms with Gasteiger partial charge in [0.25, 0.3) is 5.91 Å². The van der Waals surface area contributed by atoms with Crippen LogP contribution in [0, 0.1) is 11.3 Å². The smallest absolute Gasteiger partial charge is 0.264 e. The third-order valence-electron chi connectivity index (χ3n) is 4.17. The van der Waals surface area contributed by atoms with Crippen molar-refractivity contribution in [3.8, 4) is 6.07 Å². The van der Waals surface area contributed by atoms with E-state index in [4.69, 9.17) is 5.26 Å². The van der Waals surface area contributed by atoms with Crippen LogP contribution in [-0.4, -0.2) is 23.3 Å². The fourth-order valence-electron chi connectivity index (χ4n) is 3.00. The van der Waals surface area contributed by atoms with Crippen molar-refractivity contribution in [2.24, 2.45) is 0 Å². The number of thiophene rings is 1. The van der Waals surface area contributed by atoms with Crippen molar-refractivity contribution in [1.29, 1.82) is 5.26 Å². The van der Waals surface area contributed by atoms with E-state index < -0.39 is 11.5 Å². The van der Waals surface area contributed by atoms with E-state index in [9.17, 15) is 14.7 Å². The number of Topliss-reactive ketones (excluding diaryl/α,β-unsaturated/α-hetero) is 1. The molecule has 0 radical (unpaired) electrons. The van der Waals surface area contributed by atoms with Gasteiger partial charge < -0.3 is 10.0 Å². The summed E-state index contributed by atoms with van der Waals surface area (Å²) < 4.78 is 0.819. The van der Waals surface area contributed by atoms with E-state index in [-0.39, 0.29) is 12.2 Å². The number of anilines is 1. The van der Waals surface area contributed by atoms with Crippen LogP contribution >= 0.6 is 27.3 Å². The van der Waals surface area contributed by atoms with Gasteiger partial charge in [-0.2, -0.15) is 5.26 Å². The summed E-state index contributed by atoms with van der Waals surface area (Å²) in [5.41, 5.74) is -0.814. The van der Waals surface area contributed by atoms with Gasteiger partial charge in [-0.15, -0.1) is 11.3 Å². The summed E-state index contributed by atoms with van der Waals surface area (Å²) in [4.78, 5) is 27.4. The average molecular weight is 419 g/mol. The van der Waals surface area contributed by atoms with Crippen molar-refractivity contribution in [2.75, 3.05) is 11.4 Å². The lowest BCUT2D eigenvalue weighted by Crippen LogP contribution is -2.42. The number of hydrogen-bond acceptors (Lipinski definition) is 5. The van der Waals surface area contributed by atoms with Crippen molar-refractivity contribution in [3.63, 3.8) is 0 Å². The van der Waals surface area contributed by atoms with Gasteiger partial charge in [0, 0.05) is 18.5 Å². The Balaban J connectivity index is 1.91. The number of ketones is 1. The summed E-state index contributed by atoms with van der Waals surface area (Å²) >= 11 is 4.58. The molecular weight excluding hydrogens is 404 g/mol. The first-order chi connectivity index (χ1) is 12.0. The molecule has 0 spiro atoms. The second kappa shape index (κ2) is 7.08. The molecule has 1 aliphatic heterocycles. The summed E-state index contributed by atoms with van der Waals surface area (Å²) in [7, 11) is 0. The van der Waals surface area contributed by atoms with Gasteiger partial charge in [-0.3, -0.25) is 9.59 Å². The number of halogens is 1. The fraction of sp³-hybridized carbons (Fsp3) is 0.278. The van der Waals surface area contributed by atoms with Crippen LogP contribution in [0.2, 0.25) is 0 Å². The normalized spacial score (nSPS) is 18.9. The first kappa shape index (κ1) is 17.8. The molecule has 1 unspecified atom stereocenters. The molecule has 0 saturated carbocycles. The number of carbonyl (C=O) groups excluding carboxylic acids is 2. The molecule has 2 aromatic rings. The average Bonchev–Trinajstić information content (AvgIpc) is 3.12. The van der Waals surface area contributed by atoms with E-state index in [2.05, 4.69) is 15.9 Å². The van der Waals surface area contributed by atoms with E-state index in [1.807, 2.05) is 6.07 Å². The molecule has 1 aromatic heterocycles. The maximum atomic E-state index is 12.9. The molecule has 2 heterocycles. The van der Waals surface area contributed by atoms with Crippen LogP contribution in [0.5, 0.6) is 0 Å². The second-order valence-corrected chi connectivity index (χ2v) is 8.26. The molecule has 1 atom stereocenters.